The van der Waals surface area contributed by atoms with Gasteiger partial charge in [0.1, 0.15) is 4.88 Å². The Bertz CT molecular complexity index is 691. The van der Waals surface area contributed by atoms with Crippen LogP contribution in [0.3, 0.4) is 0 Å². The van der Waals surface area contributed by atoms with Crippen molar-refractivity contribution >= 4 is 17.3 Å². The quantitative estimate of drug-likeness (QED) is 0.931. The summed E-state index contributed by atoms with van der Waals surface area (Å²) in [5.41, 5.74) is 0.892. The summed E-state index contributed by atoms with van der Waals surface area (Å²) >= 11 is 1.25. The van der Waals surface area contributed by atoms with Gasteiger partial charge in [-0.2, -0.15) is 0 Å². The molecular formula is C13H14N2O3S. The third-order valence-corrected chi connectivity index (χ3v) is 4.47. The van der Waals surface area contributed by atoms with Crippen molar-refractivity contribution in [3.63, 3.8) is 0 Å². The highest BCUT2D eigenvalue weighted by molar-refractivity contribution is 7.14. The number of aromatic carboxylic acids is 1. The molecule has 1 fully saturated rings. The van der Waals surface area contributed by atoms with Gasteiger partial charge in [-0.15, -0.1) is 11.3 Å². The van der Waals surface area contributed by atoms with Crippen LogP contribution in [0, 0.1) is 6.92 Å². The minimum Gasteiger partial charge on any atom is -0.477 e. The Morgan fingerprint density at radius 3 is 2.79 bits per heavy atom. The molecule has 0 amide bonds. The average molecular weight is 278 g/mol. The molecule has 1 N–H and O–H groups in total. The maximum absolute atomic E-state index is 12.1. The van der Waals surface area contributed by atoms with Crippen molar-refractivity contribution in [1.29, 1.82) is 0 Å². The molecule has 6 heteroatoms. The van der Waals surface area contributed by atoms with Crippen molar-refractivity contribution in [1.82, 2.24) is 9.13 Å². The van der Waals surface area contributed by atoms with Crippen LogP contribution in [0.5, 0.6) is 0 Å². The van der Waals surface area contributed by atoms with Crippen LogP contribution in [0.25, 0.3) is 0 Å². The van der Waals surface area contributed by atoms with Crippen molar-refractivity contribution in [2.45, 2.75) is 32.4 Å². The zero-order chi connectivity index (χ0) is 13.6. The normalized spacial score (nSPS) is 14.8. The first-order chi connectivity index (χ1) is 9.06. The van der Waals surface area contributed by atoms with Gasteiger partial charge in [-0.25, -0.2) is 9.59 Å². The number of nitrogens with zero attached hydrogens (tertiary/aromatic N) is 2. The number of aromatic nitrogens is 2. The van der Waals surface area contributed by atoms with E-state index in [1.807, 2.05) is 13.1 Å². The summed E-state index contributed by atoms with van der Waals surface area (Å²) in [7, 11) is 0. The minimum absolute atomic E-state index is 0.00928. The predicted molar refractivity (Wildman–Crippen MR) is 72.1 cm³/mol. The van der Waals surface area contributed by atoms with Crippen LogP contribution in [-0.2, 0) is 6.54 Å². The van der Waals surface area contributed by atoms with Gasteiger partial charge in [0.2, 0.25) is 0 Å². The highest BCUT2D eigenvalue weighted by atomic mass is 32.1. The van der Waals surface area contributed by atoms with Crippen molar-refractivity contribution in [3.05, 3.63) is 44.3 Å². The summed E-state index contributed by atoms with van der Waals surface area (Å²) in [6, 6.07) is 2.02. The van der Waals surface area contributed by atoms with E-state index in [2.05, 4.69) is 0 Å². The largest absolute Gasteiger partial charge is 0.477 e. The number of carbonyl (C=O) groups is 1. The first-order valence-corrected chi connectivity index (χ1v) is 6.98. The molecule has 1 saturated carbocycles. The fraction of sp³-hybridized carbons (Fsp3) is 0.385. The number of carboxylic acid groups (broad SMARTS) is 1. The minimum atomic E-state index is -0.915. The maximum atomic E-state index is 12.1. The zero-order valence-electron chi connectivity index (χ0n) is 10.5. The summed E-state index contributed by atoms with van der Waals surface area (Å²) in [5, 5.41) is 8.97. The molecule has 0 saturated heterocycles. The molecule has 19 heavy (non-hydrogen) atoms. The van der Waals surface area contributed by atoms with Gasteiger partial charge in [0.05, 0.1) is 6.54 Å². The number of aryl methyl sites for hydroxylation is 1. The number of carboxylic acids is 1. The van der Waals surface area contributed by atoms with E-state index in [0.29, 0.717) is 17.5 Å². The highest BCUT2D eigenvalue weighted by Crippen LogP contribution is 2.33. The van der Waals surface area contributed by atoms with Crippen LogP contribution in [0.4, 0.5) is 0 Å². The lowest BCUT2D eigenvalue weighted by molar-refractivity contribution is 0.0702. The van der Waals surface area contributed by atoms with E-state index in [1.165, 1.54) is 11.3 Å². The second-order valence-electron chi connectivity index (χ2n) is 4.84. The molecule has 0 aliphatic heterocycles. The van der Waals surface area contributed by atoms with Crippen LogP contribution < -0.4 is 5.69 Å². The van der Waals surface area contributed by atoms with Crippen LogP contribution >= 0.6 is 11.3 Å². The molecule has 0 bridgehead atoms. The van der Waals surface area contributed by atoms with Crippen molar-refractivity contribution in [3.8, 4) is 0 Å². The monoisotopic (exact) mass is 278 g/mol. The van der Waals surface area contributed by atoms with Crippen molar-refractivity contribution in [2.24, 2.45) is 0 Å². The van der Waals surface area contributed by atoms with Gasteiger partial charge in [-0.1, -0.05) is 0 Å². The Kier molecular flexibility index (Phi) is 2.82. The van der Waals surface area contributed by atoms with Crippen LogP contribution in [0.15, 0.2) is 23.3 Å². The van der Waals surface area contributed by atoms with E-state index in [4.69, 9.17) is 5.11 Å². The molecule has 1 aliphatic carbocycles. The predicted octanol–water partition coefficient (Wildman–Crippen LogP) is 2.10. The first-order valence-electron chi connectivity index (χ1n) is 6.16. The summed E-state index contributed by atoms with van der Waals surface area (Å²) in [5.74, 6) is -0.915. The third kappa shape index (κ3) is 2.23. The first kappa shape index (κ1) is 12.2. The lowest BCUT2D eigenvalue weighted by Gasteiger charge is -2.01. The molecule has 3 rings (SSSR count). The Balaban J connectivity index is 1.88. The van der Waals surface area contributed by atoms with Crippen molar-refractivity contribution in [2.75, 3.05) is 0 Å². The van der Waals surface area contributed by atoms with Gasteiger partial charge >= 0.3 is 11.7 Å². The topological polar surface area (TPSA) is 64.2 Å². The lowest BCUT2D eigenvalue weighted by atomic mass is 10.2. The molecule has 2 aromatic rings. The second-order valence-corrected chi connectivity index (χ2v) is 6.10. The maximum Gasteiger partial charge on any atom is 0.345 e. The summed E-state index contributed by atoms with van der Waals surface area (Å²) in [6.07, 6.45) is 5.74. The molecule has 1 aliphatic rings. The standard InChI is InChI=1S/C13H14N2O3S/c1-8-9(6-11(19-8)12(16)17)7-14-4-5-15(13(14)18)10-2-3-10/h4-6,10H,2-3,7H2,1H3,(H,16,17). The number of imidazole rings is 1. The smallest absolute Gasteiger partial charge is 0.345 e. The number of rotatable bonds is 4. The summed E-state index contributed by atoms with van der Waals surface area (Å²) in [6.45, 7) is 2.32. The molecular weight excluding hydrogens is 264 g/mol. The molecule has 100 valence electrons. The average Bonchev–Trinajstić information content (AvgIpc) is 3.04. The zero-order valence-corrected chi connectivity index (χ0v) is 11.3. The SMILES string of the molecule is Cc1sc(C(=O)O)cc1Cn1ccn(C2CC2)c1=O. The summed E-state index contributed by atoms with van der Waals surface area (Å²) < 4.78 is 3.40. The molecule has 0 aromatic carbocycles. The Morgan fingerprint density at radius 2 is 2.21 bits per heavy atom. The number of thiophene rings is 1. The van der Waals surface area contributed by atoms with E-state index in [-0.39, 0.29) is 5.69 Å². The van der Waals surface area contributed by atoms with Crippen LogP contribution in [0.1, 0.15) is 39.0 Å². The number of hydrogen-bond acceptors (Lipinski definition) is 3. The molecule has 2 aromatic heterocycles. The Labute approximate surface area is 113 Å². The fourth-order valence-corrected chi connectivity index (χ4v) is 3.02. The van der Waals surface area contributed by atoms with Crippen molar-refractivity contribution < 1.29 is 9.90 Å². The van der Waals surface area contributed by atoms with Gasteiger partial charge in [0.25, 0.3) is 0 Å². The van der Waals surface area contributed by atoms with Crippen LogP contribution in [-0.4, -0.2) is 20.2 Å². The van der Waals surface area contributed by atoms with Crippen LogP contribution in [0.2, 0.25) is 0 Å². The van der Waals surface area contributed by atoms with E-state index >= 15 is 0 Å². The van der Waals surface area contributed by atoms with E-state index in [1.54, 1.807) is 21.4 Å². The molecule has 0 atom stereocenters. The van der Waals surface area contributed by atoms with E-state index < -0.39 is 5.97 Å². The number of hydrogen-bond donors (Lipinski definition) is 1. The molecule has 0 radical (unpaired) electrons. The van der Waals surface area contributed by atoms with Gasteiger partial charge in [-0.3, -0.25) is 9.13 Å². The molecule has 0 spiro atoms. The summed E-state index contributed by atoms with van der Waals surface area (Å²) in [4.78, 5) is 24.3. The Hall–Kier alpha value is -1.82. The molecule has 2 heterocycles. The fourth-order valence-electron chi connectivity index (χ4n) is 2.14. The highest BCUT2D eigenvalue weighted by Gasteiger charge is 2.25. The second kappa shape index (κ2) is 4.38. The van der Waals surface area contributed by atoms with E-state index in [0.717, 1.165) is 23.3 Å². The Morgan fingerprint density at radius 1 is 1.47 bits per heavy atom. The van der Waals surface area contributed by atoms with E-state index in [9.17, 15) is 9.59 Å². The third-order valence-electron chi connectivity index (χ3n) is 3.39. The molecule has 5 nitrogen and oxygen atoms in total. The van der Waals surface area contributed by atoms with Gasteiger partial charge in [-0.05, 0) is 31.4 Å². The van der Waals surface area contributed by atoms with Gasteiger partial charge < -0.3 is 5.11 Å². The van der Waals surface area contributed by atoms with Gasteiger partial charge in [0, 0.05) is 23.3 Å². The van der Waals surface area contributed by atoms with Gasteiger partial charge in [0.15, 0.2) is 0 Å². The molecule has 0 unspecified atom stereocenters. The lowest BCUT2D eigenvalue weighted by Crippen LogP contribution is -2.23.